The molecule has 1 aromatic heterocycles. The van der Waals surface area contributed by atoms with Gasteiger partial charge in [-0.15, -0.1) is 0 Å². The lowest BCUT2D eigenvalue weighted by atomic mass is 10.0. The van der Waals surface area contributed by atoms with Gasteiger partial charge in [-0.3, -0.25) is 0 Å². The van der Waals surface area contributed by atoms with E-state index >= 15 is 0 Å². The van der Waals surface area contributed by atoms with Crippen molar-refractivity contribution in [1.29, 1.82) is 0 Å². The van der Waals surface area contributed by atoms with Crippen LogP contribution < -0.4 is 4.57 Å². The molecule has 0 spiro atoms. The van der Waals surface area contributed by atoms with E-state index in [2.05, 4.69) is 11.9 Å². The summed E-state index contributed by atoms with van der Waals surface area (Å²) in [5, 5.41) is 0. The van der Waals surface area contributed by atoms with Crippen LogP contribution in [0.25, 0.3) is 16.1 Å². The summed E-state index contributed by atoms with van der Waals surface area (Å²) in [6, 6.07) is 8.59. The van der Waals surface area contributed by atoms with Gasteiger partial charge in [0.15, 0.2) is 0 Å². The SMILES string of the molecule is [C-]#[N+]c1cc(-c2cccc[n+]2[CH2-])c(C)cc1F. The van der Waals surface area contributed by atoms with Gasteiger partial charge < -0.3 is 4.57 Å². The fourth-order valence-corrected chi connectivity index (χ4v) is 1.74. The lowest BCUT2D eigenvalue weighted by Crippen LogP contribution is -2.27. The lowest BCUT2D eigenvalue weighted by Gasteiger charge is -2.10. The predicted octanol–water partition coefficient (Wildman–Crippen LogP) is 3.28. The van der Waals surface area contributed by atoms with E-state index in [-0.39, 0.29) is 5.69 Å². The van der Waals surface area contributed by atoms with Gasteiger partial charge in [0.25, 0.3) is 0 Å². The zero-order valence-corrected chi connectivity index (χ0v) is 9.44. The summed E-state index contributed by atoms with van der Waals surface area (Å²) in [5.41, 5.74) is 2.51. The van der Waals surface area contributed by atoms with E-state index in [1.54, 1.807) is 10.6 Å². The number of pyridine rings is 1. The minimum absolute atomic E-state index is 0.0365. The third-order valence-electron chi connectivity index (χ3n) is 2.63. The molecule has 2 rings (SSSR count). The largest absolute Gasteiger partial charge is 0.333 e. The molecule has 0 unspecified atom stereocenters. The maximum absolute atomic E-state index is 13.4. The van der Waals surface area contributed by atoms with Crippen molar-refractivity contribution in [1.82, 2.24) is 0 Å². The highest BCUT2D eigenvalue weighted by Crippen LogP contribution is 2.28. The zero-order valence-electron chi connectivity index (χ0n) is 9.44. The van der Waals surface area contributed by atoms with E-state index < -0.39 is 5.82 Å². The number of rotatable bonds is 1. The van der Waals surface area contributed by atoms with Gasteiger partial charge in [-0.1, -0.05) is 18.2 Å². The molecule has 0 N–H and O–H groups in total. The molecule has 2 aromatic rings. The number of halogens is 1. The summed E-state index contributed by atoms with van der Waals surface area (Å²) in [7, 11) is 3.86. The van der Waals surface area contributed by atoms with Crippen LogP contribution >= 0.6 is 0 Å². The number of hydrogen-bond acceptors (Lipinski definition) is 0. The van der Waals surface area contributed by atoms with Crippen LogP contribution in [0.3, 0.4) is 0 Å². The molecular weight excluding hydrogens is 215 g/mol. The first-order valence-corrected chi connectivity index (χ1v) is 5.13. The van der Waals surface area contributed by atoms with E-state index in [4.69, 9.17) is 6.57 Å². The molecule has 1 heterocycles. The van der Waals surface area contributed by atoms with E-state index in [1.165, 1.54) is 6.07 Å². The van der Waals surface area contributed by atoms with Gasteiger partial charge in [0, 0.05) is 7.05 Å². The number of hydrogen-bond donors (Lipinski definition) is 0. The predicted molar refractivity (Wildman–Crippen MR) is 63.8 cm³/mol. The van der Waals surface area contributed by atoms with Crippen LogP contribution in [0.2, 0.25) is 0 Å². The molecule has 0 atom stereocenters. The topological polar surface area (TPSA) is 8.24 Å². The lowest BCUT2D eigenvalue weighted by molar-refractivity contribution is -0.600. The Morgan fingerprint density at radius 1 is 1.35 bits per heavy atom. The Morgan fingerprint density at radius 3 is 2.76 bits per heavy atom. The highest BCUT2D eigenvalue weighted by Gasteiger charge is 2.10. The maximum Gasteiger partial charge on any atom is 0.221 e. The normalized spacial score (nSPS) is 9.94. The van der Waals surface area contributed by atoms with Crippen molar-refractivity contribution in [3.8, 4) is 11.3 Å². The van der Waals surface area contributed by atoms with Crippen molar-refractivity contribution in [2.24, 2.45) is 0 Å². The molecule has 0 aliphatic carbocycles. The Balaban J connectivity index is 2.69. The summed E-state index contributed by atoms with van der Waals surface area (Å²) < 4.78 is 15.1. The van der Waals surface area contributed by atoms with Crippen LogP contribution in [0.4, 0.5) is 10.1 Å². The van der Waals surface area contributed by atoms with Crippen LogP contribution in [-0.2, 0) is 0 Å². The Bertz CT molecular complexity index is 612. The quantitative estimate of drug-likeness (QED) is 0.521. The van der Waals surface area contributed by atoms with Crippen LogP contribution in [-0.4, -0.2) is 0 Å². The Kier molecular flexibility index (Phi) is 2.80. The van der Waals surface area contributed by atoms with Crippen LogP contribution in [0, 0.1) is 26.4 Å². The first kappa shape index (κ1) is 11.2. The summed E-state index contributed by atoms with van der Waals surface area (Å²) >= 11 is 0. The van der Waals surface area contributed by atoms with E-state index in [0.29, 0.717) is 0 Å². The fraction of sp³-hybridized carbons (Fsp3) is 0.0714. The smallest absolute Gasteiger partial charge is 0.221 e. The molecule has 0 aliphatic heterocycles. The van der Waals surface area contributed by atoms with Crippen LogP contribution in [0.15, 0.2) is 36.5 Å². The van der Waals surface area contributed by atoms with Crippen molar-refractivity contribution in [2.75, 3.05) is 0 Å². The molecule has 0 aliphatic rings. The van der Waals surface area contributed by atoms with E-state index in [0.717, 1.165) is 16.8 Å². The minimum Gasteiger partial charge on any atom is -0.333 e. The van der Waals surface area contributed by atoms with Crippen molar-refractivity contribution in [3.05, 3.63) is 66.4 Å². The molecule has 2 nitrogen and oxygen atoms in total. The highest BCUT2D eigenvalue weighted by atomic mass is 19.1. The van der Waals surface area contributed by atoms with Crippen LogP contribution in [0.1, 0.15) is 5.56 Å². The number of aryl methyl sites for hydroxylation is 1. The molecule has 0 fully saturated rings. The third-order valence-corrected chi connectivity index (χ3v) is 2.63. The molecule has 84 valence electrons. The molecule has 0 bridgehead atoms. The van der Waals surface area contributed by atoms with Crippen molar-refractivity contribution < 1.29 is 8.96 Å². The Hall–Kier alpha value is -2.34. The molecule has 3 heteroatoms. The number of nitrogens with zero attached hydrogens (tertiary/aromatic N) is 2. The summed E-state index contributed by atoms with van der Waals surface area (Å²) in [6.07, 6.45) is 1.82. The van der Waals surface area contributed by atoms with Crippen molar-refractivity contribution in [3.63, 3.8) is 0 Å². The Morgan fingerprint density at radius 2 is 2.12 bits per heavy atom. The minimum atomic E-state index is -0.479. The average molecular weight is 226 g/mol. The molecular formula is C14H11FN2. The van der Waals surface area contributed by atoms with Gasteiger partial charge in [0.2, 0.25) is 5.69 Å². The standard InChI is InChI=1S/C14H11FN2/c1-10-8-12(15)13(16-2)9-11(10)14-6-4-5-7-17(14)3/h4-9H,3H2,1H3. The second-order valence-corrected chi connectivity index (χ2v) is 3.79. The highest BCUT2D eigenvalue weighted by molar-refractivity contribution is 5.67. The van der Waals surface area contributed by atoms with E-state index in [9.17, 15) is 4.39 Å². The summed E-state index contributed by atoms with van der Waals surface area (Å²) in [6.45, 7) is 8.75. The van der Waals surface area contributed by atoms with Crippen molar-refractivity contribution in [2.45, 2.75) is 6.92 Å². The van der Waals surface area contributed by atoms with Gasteiger partial charge in [-0.25, -0.2) is 9.24 Å². The second-order valence-electron chi connectivity index (χ2n) is 3.79. The molecule has 0 radical (unpaired) electrons. The average Bonchev–Trinajstić information content (AvgIpc) is 2.31. The number of aromatic nitrogens is 1. The molecule has 1 aromatic carbocycles. The monoisotopic (exact) mass is 226 g/mol. The number of benzene rings is 1. The molecule has 0 saturated heterocycles. The summed E-state index contributed by atoms with van der Waals surface area (Å²) in [4.78, 5) is 3.17. The van der Waals surface area contributed by atoms with Gasteiger partial charge in [-0.2, -0.15) is 0 Å². The van der Waals surface area contributed by atoms with Crippen LogP contribution in [0.5, 0.6) is 0 Å². The van der Waals surface area contributed by atoms with Gasteiger partial charge in [0.1, 0.15) is 11.5 Å². The second kappa shape index (κ2) is 4.26. The first-order chi connectivity index (χ1) is 8.13. The molecule has 17 heavy (non-hydrogen) atoms. The van der Waals surface area contributed by atoms with Gasteiger partial charge in [0.05, 0.1) is 12.8 Å². The molecule has 0 amide bonds. The summed E-state index contributed by atoms with van der Waals surface area (Å²) in [5.74, 6) is -0.479. The maximum atomic E-state index is 13.4. The zero-order chi connectivity index (χ0) is 12.4. The van der Waals surface area contributed by atoms with Crippen molar-refractivity contribution >= 4 is 5.69 Å². The van der Waals surface area contributed by atoms with Gasteiger partial charge >= 0.3 is 0 Å². The first-order valence-electron chi connectivity index (χ1n) is 5.13. The van der Waals surface area contributed by atoms with E-state index in [1.807, 2.05) is 31.3 Å². The third kappa shape index (κ3) is 1.98. The van der Waals surface area contributed by atoms with Gasteiger partial charge in [-0.05, 0) is 30.2 Å². The molecule has 0 saturated carbocycles. The fourth-order valence-electron chi connectivity index (χ4n) is 1.74. The Labute approximate surface area is 99.8 Å².